The third-order valence-electron chi connectivity index (χ3n) is 4.55. The number of aliphatic carboxylic acids is 1. The first-order chi connectivity index (χ1) is 11.9. The van der Waals surface area contributed by atoms with Crippen LogP contribution in [0.5, 0.6) is 5.75 Å². The van der Waals surface area contributed by atoms with E-state index in [1.165, 1.54) is 0 Å². The minimum Gasteiger partial charge on any atom is -0.489 e. The van der Waals surface area contributed by atoms with Crippen LogP contribution in [0.1, 0.15) is 37.8 Å². The minimum atomic E-state index is -1.19. The number of rotatable bonds is 9. The number of hydrogen-bond donors (Lipinski definition) is 2. The van der Waals surface area contributed by atoms with Crippen LogP contribution in [0.2, 0.25) is 0 Å². The molecule has 1 unspecified atom stereocenters. The Balaban J connectivity index is 1.90. The van der Waals surface area contributed by atoms with Crippen LogP contribution < -0.4 is 4.74 Å². The molecule has 2 aromatic carbocycles. The molecule has 2 rings (SSSR count). The van der Waals surface area contributed by atoms with E-state index in [0.29, 0.717) is 19.4 Å². The molecule has 0 aromatic heterocycles. The summed E-state index contributed by atoms with van der Waals surface area (Å²) < 4.78 is 5.76. The predicted molar refractivity (Wildman–Crippen MR) is 97.6 cm³/mol. The van der Waals surface area contributed by atoms with Gasteiger partial charge in [0.2, 0.25) is 0 Å². The zero-order valence-corrected chi connectivity index (χ0v) is 14.8. The molecule has 0 saturated carbocycles. The summed E-state index contributed by atoms with van der Waals surface area (Å²) in [5, 5.41) is 19.6. The zero-order valence-electron chi connectivity index (χ0n) is 14.8. The predicted octanol–water partition coefficient (Wildman–Crippen LogP) is 4.06. The molecule has 0 heterocycles. The fourth-order valence-corrected chi connectivity index (χ4v) is 2.70. The maximum absolute atomic E-state index is 11.0. The van der Waals surface area contributed by atoms with Crippen LogP contribution in [0.15, 0.2) is 54.6 Å². The van der Waals surface area contributed by atoms with E-state index in [2.05, 4.69) is 0 Å². The molecule has 134 valence electrons. The van der Waals surface area contributed by atoms with Gasteiger partial charge in [0, 0.05) is 0 Å². The first-order valence-electron chi connectivity index (χ1n) is 8.59. The summed E-state index contributed by atoms with van der Waals surface area (Å²) in [6.45, 7) is 4.22. The lowest BCUT2D eigenvalue weighted by molar-refractivity contribution is -0.145. The van der Waals surface area contributed by atoms with E-state index < -0.39 is 11.6 Å². The van der Waals surface area contributed by atoms with Gasteiger partial charge in [0.25, 0.3) is 0 Å². The number of carboxylic acids is 1. The number of hydrogen-bond acceptors (Lipinski definition) is 3. The third kappa shape index (κ3) is 5.91. The molecule has 1 atom stereocenters. The largest absolute Gasteiger partial charge is 0.489 e. The first kappa shape index (κ1) is 19.0. The lowest BCUT2D eigenvalue weighted by Gasteiger charge is -2.30. The van der Waals surface area contributed by atoms with Gasteiger partial charge < -0.3 is 14.9 Å². The van der Waals surface area contributed by atoms with Crippen molar-refractivity contribution in [3.63, 3.8) is 0 Å². The minimum absolute atomic E-state index is 0.114. The normalized spacial score (nSPS) is 13.4. The van der Waals surface area contributed by atoms with E-state index in [9.17, 15) is 9.90 Å². The van der Waals surface area contributed by atoms with Gasteiger partial charge in [-0.05, 0) is 42.0 Å². The Labute approximate surface area is 149 Å². The van der Waals surface area contributed by atoms with Gasteiger partial charge in [0.1, 0.15) is 12.4 Å². The molecule has 0 fully saturated rings. The monoisotopic (exact) mass is 342 g/mol. The fraction of sp³-hybridized carbons (Fsp3) is 0.381. The van der Waals surface area contributed by atoms with Crippen molar-refractivity contribution >= 4 is 5.97 Å². The Hall–Kier alpha value is -2.33. The maximum atomic E-state index is 11.0. The fourth-order valence-electron chi connectivity index (χ4n) is 2.70. The molecule has 0 aliphatic heterocycles. The van der Waals surface area contributed by atoms with Crippen molar-refractivity contribution in [2.75, 3.05) is 0 Å². The highest BCUT2D eigenvalue weighted by Gasteiger charge is 2.33. The van der Waals surface area contributed by atoms with Crippen molar-refractivity contribution in [2.24, 2.45) is 5.92 Å². The van der Waals surface area contributed by atoms with Crippen LogP contribution in [0.4, 0.5) is 0 Å². The number of aryl methyl sites for hydroxylation is 1. The van der Waals surface area contributed by atoms with Crippen LogP contribution in [0.25, 0.3) is 0 Å². The molecular formula is C21H26O4. The van der Waals surface area contributed by atoms with E-state index >= 15 is 0 Å². The van der Waals surface area contributed by atoms with Crippen LogP contribution in [0, 0.1) is 5.92 Å². The van der Waals surface area contributed by atoms with Gasteiger partial charge in [-0.1, -0.05) is 56.3 Å². The van der Waals surface area contributed by atoms with Crippen molar-refractivity contribution in [2.45, 2.75) is 45.3 Å². The number of aliphatic hydroxyl groups is 1. The van der Waals surface area contributed by atoms with E-state index in [1.807, 2.05) is 68.4 Å². The van der Waals surface area contributed by atoms with Gasteiger partial charge in [-0.3, -0.25) is 4.79 Å². The van der Waals surface area contributed by atoms with Crippen molar-refractivity contribution in [3.8, 4) is 5.75 Å². The van der Waals surface area contributed by atoms with E-state index in [0.717, 1.165) is 16.9 Å². The van der Waals surface area contributed by atoms with Gasteiger partial charge in [0.05, 0.1) is 12.0 Å². The second-order valence-corrected chi connectivity index (χ2v) is 6.75. The smallest absolute Gasteiger partial charge is 0.306 e. The summed E-state index contributed by atoms with van der Waals surface area (Å²) in [5.41, 5.74) is 0.979. The lowest BCUT2D eigenvalue weighted by atomic mass is 9.82. The van der Waals surface area contributed by atoms with E-state index in [1.54, 1.807) is 0 Å². The van der Waals surface area contributed by atoms with Crippen molar-refractivity contribution in [3.05, 3.63) is 65.7 Å². The van der Waals surface area contributed by atoms with Crippen LogP contribution in [-0.4, -0.2) is 21.8 Å². The quantitative estimate of drug-likeness (QED) is 0.721. The van der Waals surface area contributed by atoms with Crippen molar-refractivity contribution in [1.82, 2.24) is 0 Å². The van der Waals surface area contributed by atoms with Crippen LogP contribution in [0.3, 0.4) is 0 Å². The molecule has 2 aromatic rings. The molecule has 25 heavy (non-hydrogen) atoms. The molecule has 0 amide bonds. The average Bonchev–Trinajstić information content (AvgIpc) is 2.59. The van der Waals surface area contributed by atoms with Crippen molar-refractivity contribution in [1.29, 1.82) is 0 Å². The number of carbonyl (C=O) groups is 1. The first-order valence-corrected chi connectivity index (χ1v) is 8.59. The van der Waals surface area contributed by atoms with Gasteiger partial charge in [-0.15, -0.1) is 0 Å². The molecule has 0 radical (unpaired) electrons. The van der Waals surface area contributed by atoms with Crippen molar-refractivity contribution < 1.29 is 19.7 Å². The summed E-state index contributed by atoms with van der Waals surface area (Å²) >= 11 is 0. The highest BCUT2D eigenvalue weighted by atomic mass is 16.5. The average molecular weight is 342 g/mol. The second-order valence-electron chi connectivity index (χ2n) is 6.75. The Bertz CT molecular complexity index is 664. The summed E-state index contributed by atoms with van der Waals surface area (Å²) in [6.07, 6.45) is 0.811. The molecule has 0 aliphatic rings. The van der Waals surface area contributed by atoms with Gasteiger partial charge in [-0.25, -0.2) is 0 Å². The third-order valence-corrected chi connectivity index (χ3v) is 4.55. The molecule has 0 bridgehead atoms. The standard InChI is InChI=1S/C21H26O4/c1-16(2)21(24,14-20(22)23)13-12-17-8-10-19(11-9-17)25-15-18-6-4-3-5-7-18/h3-11,16,24H,12-15H2,1-2H3,(H,22,23). The summed E-state index contributed by atoms with van der Waals surface area (Å²) in [5.74, 6) is -0.296. The summed E-state index contributed by atoms with van der Waals surface area (Å²) in [4.78, 5) is 11.0. The highest BCUT2D eigenvalue weighted by Crippen LogP contribution is 2.27. The van der Waals surface area contributed by atoms with Gasteiger partial charge >= 0.3 is 5.97 Å². The number of ether oxygens (including phenoxy) is 1. The van der Waals surface area contributed by atoms with Gasteiger partial charge in [-0.2, -0.15) is 0 Å². The van der Waals surface area contributed by atoms with Gasteiger partial charge in [0.15, 0.2) is 0 Å². The number of benzene rings is 2. The molecule has 4 heteroatoms. The number of carboxylic acid groups (broad SMARTS) is 1. The Morgan fingerprint density at radius 3 is 2.24 bits per heavy atom. The molecule has 4 nitrogen and oxygen atoms in total. The molecule has 0 saturated heterocycles. The lowest BCUT2D eigenvalue weighted by Crippen LogP contribution is -2.38. The summed E-state index contributed by atoms with van der Waals surface area (Å²) in [7, 11) is 0. The maximum Gasteiger partial charge on any atom is 0.306 e. The molecule has 0 aliphatic carbocycles. The van der Waals surface area contributed by atoms with E-state index in [4.69, 9.17) is 9.84 Å². The highest BCUT2D eigenvalue weighted by molar-refractivity contribution is 5.68. The molecule has 2 N–H and O–H groups in total. The Kier molecular flexibility index (Phi) is 6.59. The SMILES string of the molecule is CC(C)C(O)(CCc1ccc(OCc2ccccc2)cc1)CC(=O)O. The Morgan fingerprint density at radius 2 is 1.68 bits per heavy atom. The van der Waals surface area contributed by atoms with Crippen LogP contribution >= 0.6 is 0 Å². The zero-order chi connectivity index (χ0) is 18.3. The topological polar surface area (TPSA) is 66.8 Å². The van der Waals surface area contributed by atoms with Crippen LogP contribution in [-0.2, 0) is 17.8 Å². The Morgan fingerprint density at radius 1 is 1.04 bits per heavy atom. The second kappa shape index (κ2) is 8.67. The summed E-state index contributed by atoms with van der Waals surface area (Å²) in [6, 6.07) is 17.7. The van der Waals surface area contributed by atoms with E-state index in [-0.39, 0.29) is 12.3 Å². The molecular weight excluding hydrogens is 316 g/mol. The molecule has 0 spiro atoms.